The molecule has 0 N–H and O–H groups in total. The van der Waals surface area contributed by atoms with Crippen LogP contribution in [0.2, 0.25) is 0 Å². The Kier molecular flexibility index (Phi) is 7.72. The third-order valence-electron chi connectivity index (χ3n) is 13.2. The van der Waals surface area contributed by atoms with Crippen LogP contribution in [0.5, 0.6) is 0 Å². The molecule has 1 atom stereocenters. The molecule has 62 heavy (non-hydrogen) atoms. The minimum Gasteiger partial charge on any atom is -0.310 e. The smallest absolute Gasteiger partial charge is 0.0740 e. The van der Waals surface area contributed by atoms with Crippen molar-refractivity contribution in [1.29, 1.82) is 0 Å². The normalized spacial score (nSPS) is 14.5. The van der Waals surface area contributed by atoms with Gasteiger partial charge in [0.2, 0.25) is 0 Å². The number of hydrogen-bond donors (Lipinski definition) is 0. The fourth-order valence-corrected chi connectivity index (χ4v) is 11.9. The molecular weight excluding hydrogens is 769 g/mol. The zero-order valence-corrected chi connectivity index (χ0v) is 34.6. The van der Waals surface area contributed by atoms with Gasteiger partial charge in [-0.1, -0.05) is 158 Å². The molecule has 290 valence electrons. The van der Waals surface area contributed by atoms with Crippen molar-refractivity contribution < 1.29 is 0 Å². The van der Waals surface area contributed by atoms with E-state index in [-0.39, 0.29) is 0 Å². The van der Waals surface area contributed by atoms with Gasteiger partial charge in [-0.25, -0.2) is 0 Å². The summed E-state index contributed by atoms with van der Waals surface area (Å²) in [6.45, 7) is 0. The highest BCUT2D eigenvalue weighted by atomic mass is 32.1. The number of rotatable bonds is 6. The summed E-state index contributed by atoms with van der Waals surface area (Å²) in [5.74, 6) is 0. The van der Waals surface area contributed by atoms with Crippen molar-refractivity contribution >= 4 is 77.1 Å². The molecule has 0 saturated heterocycles. The van der Waals surface area contributed by atoms with E-state index in [4.69, 9.17) is 0 Å². The van der Waals surface area contributed by atoms with E-state index in [9.17, 15) is 0 Å². The van der Waals surface area contributed by atoms with Crippen LogP contribution in [0.4, 0.5) is 34.1 Å². The lowest BCUT2D eigenvalue weighted by Gasteiger charge is -2.32. The molecule has 3 heteroatoms. The van der Waals surface area contributed by atoms with E-state index < -0.39 is 5.41 Å². The van der Waals surface area contributed by atoms with Crippen LogP contribution in [-0.4, -0.2) is 0 Å². The molecule has 10 aromatic carbocycles. The maximum atomic E-state index is 2.47. The van der Waals surface area contributed by atoms with Gasteiger partial charge in [-0.05, 0) is 133 Å². The van der Waals surface area contributed by atoms with Gasteiger partial charge in [0.05, 0.1) is 11.1 Å². The summed E-state index contributed by atoms with van der Waals surface area (Å²) in [5.41, 5.74) is 15.5. The highest BCUT2D eigenvalue weighted by Crippen LogP contribution is 2.68. The van der Waals surface area contributed by atoms with Crippen molar-refractivity contribution in [2.45, 2.75) is 5.41 Å². The van der Waals surface area contributed by atoms with E-state index in [0.29, 0.717) is 0 Å². The van der Waals surface area contributed by atoms with Gasteiger partial charge in [-0.2, -0.15) is 0 Å². The fourth-order valence-electron chi connectivity index (χ4n) is 10.6. The van der Waals surface area contributed by atoms with Gasteiger partial charge in [0.1, 0.15) is 0 Å². The molecule has 13 rings (SSSR count). The molecular formula is C59H38N2S. The first-order chi connectivity index (χ1) is 30.8. The predicted molar refractivity (Wildman–Crippen MR) is 263 cm³/mol. The Morgan fingerprint density at radius 3 is 1.60 bits per heavy atom. The van der Waals surface area contributed by atoms with Gasteiger partial charge < -0.3 is 9.80 Å². The van der Waals surface area contributed by atoms with Crippen LogP contribution in [0.15, 0.2) is 231 Å². The monoisotopic (exact) mass is 806 g/mol. The van der Waals surface area contributed by atoms with Crippen LogP contribution in [0.25, 0.3) is 53.2 Å². The van der Waals surface area contributed by atoms with E-state index in [2.05, 4.69) is 240 Å². The Hall–Kier alpha value is -7.72. The second-order valence-electron chi connectivity index (χ2n) is 16.4. The number of nitrogens with zero attached hydrogens (tertiary/aromatic N) is 2. The quantitative estimate of drug-likeness (QED) is 0.165. The summed E-state index contributed by atoms with van der Waals surface area (Å²) in [6, 6.07) is 85.2. The van der Waals surface area contributed by atoms with Gasteiger partial charge in [0.25, 0.3) is 0 Å². The Bertz CT molecular complexity index is 3550. The molecule has 0 fully saturated rings. The lowest BCUT2D eigenvalue weighted by Crippen LogP contribution is -2.26. The van der Waals surface area contributed by atoms with Gasteiger partial charge in [0, 0.05) is 43.6 Å². The minimum absolute atomic E-state index is 0.531. The van der Waals surface area contributed by atoms with Gasteiger partial charge >= 0.3 is 0 Å². The number of thiophene rings is 1. The van der Waals surface area contributed by atoms with Gasteiger partial charge in [-0.15, -0.1) is 11.3 Å². The predicted octanol–water partition coefficient (Wildman–Crippen LogP) is 16.5. The zero-order valence-electron chi connectivity index (χ0n) is 33.7. The molecule has 0 amide bonds. The largest absolute Gasteiger partial charge is 0.310 e. The van der Waals surface area contributed by atoms with Crippen LogP contribution in [0.1, 0.15) is 22.3 Å². The second kappa shape index (κ2) is 13.7. The average Bonchev–Trinajstić information content (AvgIpc) is 3.96. The number of fused-ring (bicyclic) bond motifs is 14. The molecule has 0 aliphatic heterocycles. The molecule has 2 aliphatic rings. The SMILES string of the molecule is c1ccc(N(c2ccc3c(c2)-c2sc4ccccc4c2C32c3ccccc3-c3c(N(c4ccccc4)c4ccc5ccccc5c4)cccc32)c2ccc3ccccc3c2)cc1. The highest BCUT2D eigenvalue weighted by Gasteiger charge is 2.54. The minimum atomic E-state index is -0.531. The molecule has 0 saturated carbocycles. The molecule has 1 aromatic heterocycles. The summed E-state index contributed by atoms with van der Waals surface area (Å²) in [5, 5.41) is 6.23. The van der Waals surface area contributed by atoms with E-state index in [1.165, 1.54) is 81.1 Å². The Labute approximate surface area is 364 Å². The number of para-hydroxylation sites is 2. The molecule has 2 aliphatic carbocycles. The first kappa shape index (κ1) is 35.1. The third-order valence-corrected chi connectivity index (χ3v) is 14.4. The first-order valence-corrected chi connectivity index (χ1v) is 22.2. The van der Waals surface area contributed by atoms with Crippen LogP contribution in [-0.2, 0) is 5.41 Å². The van der Waals surface area contributed by atoms with E-state index in [1.807, 2.05) is 11.3 Å². The van der Waals surface area contributed by atoms with Crippen molar-refractivity contribution in [3.05, 3.63) is 253 Å². The zero-order chi connectivity index (χ0) is 40.8. The molecule has 11 aromatic rings. The van der Waals surface area contributed by atoms with Crippen LogP contribution >= 0.6 is 11.3 Å². The third kappa shape index (κ3) is 5.03. The van der Waals surface area contributed by atoms with Crippen molar-refractivity contribution in [2.75, 3.05) is 9.80 Å². The van der Waals surface area contributed by atoms with E-state index >= 15 is 0 Å². The van der Waals surface area contributed by atoms with Crippen LogP contribution in [0.3, 0.4) is 0 Å². The molecule has 1 unspecified atom stereocenters. The van der Waals surface area contributed by atoms with E-state index in [0.717, 1.165) is 28.4 Å². The number of hydrogen-bond acceptors (Lipinski definition) is 3. The topological polar surface area (TPSA) is 6.48 Å². The Morgan fingerprint density at radius 1 is 0.339 bits per heavy atom. The fraction of sp³-hybridized carbons (Fsp3) is 0.0169. The lowest BCUT2D eigenvalue weighted by atomic mass is 9.70. The number of anilines is 6. The van der Waals surface area contributed by atoms with Crippen molar-refractivity contribution in [1.82, 2.24) is 0 Å². The molecule has 1 spiro atoms. The van der Waals surface area contributed by atoms with E-state index in [1.54, 1.807) is 0 Å². The maximum absolute atomic E-state index is 2.47. The second-order valence-corrected chi connectivity index (χ2v) is 17.5. The summed E-state index contributed by atoms with van der Waals surface area (Å²) < 4.78 is 1.31. The summed E-state index contributed by atoms with van der Waals surface area (Å²) >= 11 is 1.93. The van der Waals surface area contributed by atoms with Crippen molar-refractivity contribution in [3.8, 4) is 21.6 Å². The van der Waals surface area contributed by atoms with Gasteiger partial charge in [0.15, 0.2) is 0 Å². The molecule has 0 radical (unpaired) electrons. The number of benzene rings is 10. The summed E-state index contributed by atoms with van der Waals surface area (Å²) in [7, 11) is 0. The lowest BCUT2D eigenvalue weighted by molar-refractivity contribution is 0.802. The van der Waals surface area contributed by atoms with Gasteiger partial charge in [-0.3, -0.25) is 0 Å². The first-order valence-electron chi connectivity index (χ1n) is 21.3. The Balaban J connectivity index is 1.09. The maximum Gasteiger partial charge on any atom is 0.0740 e. The summed E-state index contributed by atoms with van der Waals surface area (Å²) in [6.07, 6.45) is 0. The summed E-state index contributed by atoms with van der Waals surface area (Å²) in [4.78, 5) is 6.23. The standard InChI is InChI=1S/C59H38N2S/c1-3-20-43(21-4-1)60(45-32-30-39-16-7-9-18-41(39)36-45)47-34-35-52-50(38-47)58-57(49-25-12-14-29-55(49)62-58)59(52)51-26-13-11-24-48(51)56-53(59)27-15-28-54(56)61(44-22-5-2-6-23-44)46-33-31-40-17-8-10-19-42(40)37-46/h1-38H. The molecule has 2 nitrogen and oxygen atoms in total. The Morgan fingerprint density at radius 2 is 0.871 bits per heavy atom. The highest BCUT2D eigenvalue weighted by molar-refractivity contribution is 7.22. The average molecular weight is 807 g/mol. The molecule has 1 heterocycles. The van der Waals surface area contributed by atoms with Crippen LogP contribution in [0, 0.1) is 0 Å². The van der Waals surface area contributed by atoms with Crippen LogP contribution < -0.4 is 9.80 Å². The van der Waals surface area contributed by atoms with Crippen molar-refractivity contribution in [3.63, 3.8) is 0 Å². The van der Waals surface area contributed by atoms with Crippen molar-refractivity contribution in [2.24, 2.45) is 0 Å². The molecule has 0 bridgehead atoms.